The molecule has 3 rings (SSSR count). The van der Waals surface area contributed by atoms with Crippen molar-refractivity contribution in [1.82, 2.24) is 5.32 Å². The summed E-state index contributed by atoms with van der Waals surface area (Å²) in [5.74, 6) is 0.965. The van der Waals surface area contributed by atoms with E-state index in [4.69, 9.17) is 16.3 Å². The number of hydrogen-bond acceptors (Lipinski definition) is 3. The average Bonchev–Trinajstić information content (AvgIpc) is 2.62. The molecule has 0 spiro atoms. The Morgan fingerprint density at radius 2 is 1.91 bits per heavy atom. The molecule has 0 aromatic heterocycles. The Labute approximate surface area is 142 Å². The number of nitrogens with one attached hydrogen (secondary N) is 1. The Morgan fingerprint density at radius 1 is 1.17 bits per heavy atom. The van der Waals surface area contributed by atoms with Gasteiger partial charge in [-0.2, -0.15) is 0 Å². The van der Waals surface area contributed by atoms with Crippen LogP contribution in [0.1, 0.15) is 24.5 Å². The normalized spacial score (nSPS) is 19.3. The first-order valence-corrected chi connectivity index (χ1v) is 8.39. The van der Waals surface area contributed by atoms with Gasteiger partial charge in [0.2, 0.25) is 0 Å². The average molecular weight is 332 g/mol. The summed E-state index contributed by atoms with van der Waals surface area (Å²) in [6, 6.07) is 13.8. The SMILES string of the molecule is COc1cc(-c2ccc(C(O)C3CCCNC3)cc2)ccc1Cl. The van der Waals surface area contributed by atoms with Gasteiger partial charge in [-0.1, -0.05) is 41.9 Å². The third kappa shape index (κ3) is 3.69. The molecule has 0 bridgehead atoms. The number of rotatable bonds is 4. The van der Waals surface area contributed by atoms with Gasteiger partial charge in [-0.25, -0.2) is 0 Å². The van der Waals surface area contributed by atoms with Gasteiger partial charge in [-0.05, 0) is 48.2 Å². The van der Waals surface area contributed by atoms with E-state index in [2.05, 4.69) is 5.32 Å². The topological polar surface area (TPSA) is 41.5 Å². The van der Waals surface area contributed by atoms with Gasteiger partial charge in [0.1, 0.15) is 5.75 Å². The van der Waals surface area contributed by atoms with Crippen LogP contribution in [0.5, 0.6) is 5.75 Å². The first-order valence-electron chi connectivity index (χ1n) is 8.01. The van der Waals surface area contributed by atoms with E-state index >= 15 is 0 Å². The second-order valence-corrected chi connectivity index (χ2v) is 6.43. The summed E-state index contributed by atoms with van der Waals surface area (Å²) >= 11 is 6.07. The highest BCUT2D eigenvalue weighted by Gasteiger charge is 2.22. The van der Waals surface area contributed by atoms with Crippen LogP contribution >= 0.6 is 11.6 Å². The Hall–Kier alpha value is -1.55. The van der Waals surface area contributed by atoms with Gasteiger partial charge >= 0.3 is 0 Å². The zero-order valence-corrected chi connectivity index (χ0v) is 14.0. The lowest BCUT2D eigenvalue weighted by Crippen LogP contribution is -2.33. The van der Waals surface area contributed by atoms with Crippen molar-refractivity contribution >= 4 is 11.6 Å². The van der Waals surface area contributed by atoms with Crippen molar-refractivity contribution in [3.63, 3.8) is 0 Å². The molecule has 0 amide bonds. The standard InChI is InChI=1S/C19H22ClNO2/c1-23-18-11-15(8-9-17(18)20)13-4-6-14(7-5-13)19(22)16-3-2-10-21-12-16/h4-9,11,16,19,21-22H,2-3,10,12H2,1H3. The van der Waals surface area contributed by atoms with Crippen LogP contribution in [0.3, 0.4) is 0 Å². The fourth-order valence-corrected chi connectivity index (χ4v) is 3.33. The molecule has 0 radical (unpaired) electrons. The Morgan fingerprint density at radius 3 is 2.57 bits per heavy atom. The zero-order chi connectivity index (χ0) is 16.2. The van der Waals surface area contributed by atoms with Crippen LogP contribution in [-0.2, 0) is 0 Å². The van der Waals surface area contributed by atoms with E-state index < -0.39 is 6.10 Å². The smallest absolute Gasteiger partial charge is 0.138 e. The van der Waals surface area contributed by atoms with Gasteiger partial charge in [0.25, 0.3) is 0 Å². The summed E-state index contributed by atoms with van der Waals surface area (Å²) in [6.45, 7) is 1.94. The van der Waals surface area contributed by atoms with Crippen molar-refractivity contribution in [2.24, 2.45) is 5.92 Å². The number of benzene rings is 2. The van der Waals surface area contributed by atoms with Crippen LogP contribution in [-0.4, -0.2) is 25.3 Å². The molecule has 0 saturated carbocycles. The van der Waals surface area contributed by atoms with E-state index in [1.54, 1.807) is 7.11 Å². The van der Waals surface area contributed by atoms with Crippen LogP contribution < -0.4 is 10.1 Å². The van der Waals surface area contributed by atoms with E-state index in [-0.39, 0.29) is 0 Å². The number of halogens is 1. The second-order valence-electron chi connectivity index (χ2n) is 6.02. The third-order valence-corrected chi connectivity index (χ3v) is 4.83. The third-order valence-electron chi connectivity index (χ3n) is 4.52. The van der Waals surface area contributed by atoms with Crippen LogP contribution in [0.25, 0.3) is 11.1 Å². The molecule has 2 atom stereocenters. The van der Waals surface area contributed by atoms with Gasteiger partial charge in [0.05, 0.1) is 18.2 Å². The lowest BCUT2D eigenvalue weighted by atomic mass is 9.89. The van der Waals surface area contributed by atoms with Crippen molar-refractivity contribution in [3.05, 3.63) is 53.1 Å². The number of aliphatic hydroxyl groups is 1. The largest absolute Gasteiger partial charge is 0.495 e. The molecule has 4 heteroatoms. The summed E-state index contributed by atoms with van der Waals surface area (Å²) in [5, 5.41) is 14.5. The quantitative estimate of drug-likeness (QED) is 0.888. The minimum absolute atomic E-state index is 0.297. The van der Waals surface area contributed by atoms with Crippen molar-refractivity contribution in [2.75, 3.05) is 20.2 Å². The van der Waals surface area contributed by atoms with E-state index in [9.17, 15) is 5.11 Å². The summed E-state index contributed by atoms with van der Waals surface area (Å²) in [6.07, 6.45) is 1.80. The van der Waals surface area contributed by atoms with Gasteiger partial charge in [-0.15, -0.1) is 0 Å². The first-order chi connectivity index (χ1) is 11.2. The molecule has 2 unspecified atom stereocenters. The first kappa shape index (κ1) is 16.3. The van der Waals surface area contributed by atoms with Crippen molar-refractivity contribution in [3.8, 4) is 16.9 Å². The summed E-state index contributed by atoms with van der Waals surface area (Å²) in [4.78, 5) is 0. The molecule has 23 heavy (non-hydrogen) atoms. The lowest BCUT2D eigenvalue weighted by Gasteiger charge is -2.27. The minimum Gasteiger partial charge on any atom is -0.495 e. The number of piperidine rings is 1. The summed E-state index contributed by atoms with van der Waals surface area (Å²) in [7, 11) is 1.61. The summed E-state index contributed by atoms with van der Waals surface area (Å²) < 4.78 is 5.27. The molecule has 1 aliphatic heterocycles. The Bertz CT molecular complexity index is 651. The number of aliphatic hydroxyl groups excluding tert-OH is 1. The maximum atomic E-state index is 10.5. The Balaban J connectivity index is 1.78. The molecule has 3 nitrogen and oxygen atoms in total. The number of hydrogen-bond donors (Lipinski definition) is 2. The van der Waals surface area contributed by atoms with Crippen molar-refractivity contribution in [1.29, 1.82) is 0 Å². The fourth-order valence-electron chi connectivity index (χ4n) is 3.13. The fraction of sp³-hybridized carbons (Fsp3) is 0.368. The van der Waals surface area contributed by atoms with Gasteiger partial charge < -0.3 is 15.2 Å². The monoisotopic (exact) mass is 331 g/mol. The molecule has 1 saturated heterocycles. The molecule has 122 valence electrons. The summed E-state index contributed by atoms with van der Waals surface area (Å²) in [5.41, 5.74) is 3.10. The van der Waals surface area contributed by atoms with E-state index in [0.29, 0.717) is 16.7 Å². The molecular weight excluding hydrogens is 310 g/mol. The molecule has 2 N–H and O–H groups in total. The molecule has 2 aromatic carbocycles. The van der Waals surface area contributed by atoms with E-state index in [1.807, 2.05) is 42.5 Å². The molecule has 1 aliphatic rings. The van der Waals surface area contributed by atoms with Crippen LogP contribution in [0.2, 0.25) is 5.02 Å². The van der Waals surface area contributed by atoms with Crippen molar-refractivity contribution in [2.45, 2.75) is 18.9 Å². The highest BCUT2D eigenvalue weighted by molar-refractivity contribution is 6.32. The van der Waals surface area contributed by atoms with E-state index in [1.165, 1.54) is 0 Å². The maximum absolute atomic E-state index is 10.5. The highest BCUT2D eigenvalue weighted by atomic mass is 35.5. The van der Waals surface area contributed by atoms with Gasteiger partial charge in [-0.3, -0.25) is 0 Å². The zero-order valence-electron chi connectivity index (χ0n) is 13.3. The molecule has 1 fully saturated rings. The number of methoxy groups -OCH3 is 1. The van der Waals surface area contributed by atoms with Gasteiger partial charge in [0.15, 0.2) is 0 Å². The second kappa shape index (κ2) is 7.35. The van der Waals surface area contributed by atoms with Gasteiger partial charge in [0, 0.05) is 12.5 Å². The predicted molar refractivity (Wildman–Crippen MR) is 94.0 cm³/mol. The lowest BCUT2D eigenvalue weighted by molar-refractivity contribution is 0.0922. The molecule has 2 aromatic rings. The van der Waals surface area contributed by atoms with Crippen LogP contribution in [0.15, 0.2) is 42.5 Å². The highest BCUT2D eigenvalue weighted by Crippen LogP contribution is 2.32. The number of ether oxygens (including phenoxy) is 1. The maximum Gasteiger partial charge on any atom is 0.138 e. The van der Waals surface area contributed by atoms with Crippen LogP contribution in [0, 0.1) is 5.92 Å². The Kier molecular flexibility index (Phi) is 5.21. The molecular formula is C19H22ClNO2. The minimum atomic E-state index is -0.406. The predicted octanol–water partition coefficient (Wildman–Crippen LogP) is 4.05. The van der Waals surface area contributed by atoms with Crippen molar-refractivity contribution < 1.29 is 9.84 Å². The molecule has 1 heterocycles. The van der Waals surface area contributed by atoms with E-state index in [0.717, 1.165) is 42.6 Å². The molecule has 0 aliphatic carbocycles. The van der Waals surface area contributed by atoms with Crippen LogP contribution in [0.4, 0.5) is 0 Å².